The molecule has 0 saturated carbocycles. The van der Waals surface area contributed by atoms with Crippen molar-refractivity contribution in [1.29, 1.82) is 0 Å². The number of aromatic nitrogens is 2. The Balaban J connectivity index is 1.21. The smallest absolute Gasteiger partial charge is 0.489 e. The van der Waals surface area contributed by atoms with Crippen LogP contribution in [0.15, 0.2) is 101 Å². The van der Waals surface area contributed by atoms with Crippen molar-refractivity contribution in [2.75, 3.05) is 52.5 Å². The fourth-order valence-corrected chi connectivity index (χ4v) is 12.0. The number of piperazine rings is 1. The van der Waals surface area contributed by atoms with E-state index in [-0.39, 0.29) is 80.4 Å². The Morgan fingerprint density at radius 1 is 0.955 bits per heavy atom. The first-order valence-corrected chi connectivity index (χ1v) is 24.6. The number of fused-ring (bicyclic) bond motifs is 1. The molecule has 0 bridgehead atoms. The Morgan fingerprint density at radius 2 is 1.67 bits per heavy atom. The van der Waals surface area contributed by atoms with Crippen LogP contribution in [0.4, 0.5) is 23.2 Å². The molecule has 20 heteroatoms. The number of alkyl halides is 4. The third-order valence-corrected chi connectivity index (χ3v) is 16.9. The average Bonchev–Trinajstić information content (AvgIpc) is 3.75. The summed E-state index contributed by atoms with van der Waals surface area (Å²) in [4.78, 5) is 20.0. The Hall–Kier alpha value is -5.05. The van der Waals surface area contributed by atoms with E-state index in [1.54, 1.807) is 18.3 Å². The van der Waals surface area contributed by atoms with Gasteiger partial charge in [-0.25, -0.2) is 17.8 Å². The molecule has 13 nitrogen and oxygen atoms in total. The van der Waals surface area contributed by atoms with E-state index in [9.17, 15) is 26.4 Å². The number of nitrogens with two attached hydrogens (primary N) is 1. The van der Waals surface area contributed by atoms with Crippen LogP contribution in [-0.4, -0.2) is 101 Å². The second-order valence-electron chi connectivity index (χ2n) is 17.9. The van der Waals surface area contributed by atoms with Crippen LogP contribution >= 0.6 is 11.6 Å². The topological polar surface area (TPSA) is 171 Å². The lowest BCUT2D eigenvalue weighted by molar-refractivity contribution is -0.0441. The first kappa shape index (κ1) is 47.4. The fourth-order valence-electron chi connectivity index (χ4n) is 8.91. The third-order valence-electron chi connectivity index (χ3n) is 12.8. The minimum atomic E-state index is -6.25. The number of allylic oxidation sites excluding steroid dienone is 1. The summed E-state index contributed by atoms with van der Waals surface area (Å²) in [6, 6.07) is 17.3. The van der Waals surface area contributed by atoms with Crippen LogP contribution in [-0.2, 0) is 24.6 Å². The quantitative estimate of drug-likeness (QED) is 0.0858. The maximum absolute atomic E-state index is 15.6. The molecular formula is C46H49ClF4N5O8S2+. The van der Waals surface area contributed by atoms with Crippen molar-refractivity contribution in [3.05, 3.63) is 107 Å². The summed E-state index contributed by atoms with van der Waals surface area (Å²) in [5, 5.41) is 1.28. The van der Waals surface area contributed by atoms with Crippen molar-refractivity contribution in [3.8, 4) is 17.2 Å². The molecule has 0 spiro atoms. The van der Waals surface area contributed by atoms with Crippen molar-refractivity contribution in [3.63, 3.8) is 0 Å². The van der Waals surface area contributed by atoms with Crippen LogP contribution in [0.2, 0.25) is 5.02 Å². The minimum Gasteiger partial charge on any atom is -0.489 e. The van der Waals surface area contributed by atoms with E-state index in [0.29, 0.717) is 28.7 Å². The monoisotopic (exact) mass is 974 g/mol. The van der Waals surface area contributed by atoms with Gasteiger partial charge >= 0.3 is 15.5 Å². The molecule has 3 aliphatic rings. The van der Waals surface area contributed by atoms with Crippen molar-refractivity contribution < 1.29 is 53.4 Å². The van der Waals surface area contributed by atoms with E-state index in [4.69, 9.17) is 31.5 Å². The number of halogens is 5. The molecule has 3 N–H and O–H groups in total. The van der Waals surface area contributed by atoms with Gasteiger partial charge in [-0.05, 0) is 84.3 Å². The van der Waals surface area contributed by atoms with E-state index in [2.05, 4.69) is 28.7 Å². The number of sulfonamides is 1. The normalized spacial score (nSPS) is 19.1. The Kier molecular flexibility index (Phi) is 12.9. The minimum absolute atomic E-state index is 0.0215. The second-order valence-corrected chi connectivity index (χ2v) is 22.3. The van der Waals surface area contributed by atoms with Gasteiger partial charge in [-0.15, -0.1) is 0 Å². The average molecular weight is 976 g/mol. The van der Waals surface area contributed by atoms with Crippen LogP contribution < -0.4 is 19.1 Å². The number of nitrogens with zero attached hydrogens (tertiary/aromatic N) is 3. The van der Waals surface area contributed by atoms with Gasteiger partial charge in [0.2, 0.25) is 0 Å². The van der Waals surface area contributed by atoms with E-state index >= 15 is 12.8 Å². The van der Waals surface area contributed by atoms with E-state index in [1.807, 2.05) is 24.3 Å². The molecule has 4 heterocycles. The third kappa shape index (κ3) is 9.42. The molecule has 2 fully saturated rings. The number of sulfone groups is 1. The van der Waals surface area contributed by atoms with Gasteiger partial charge in [0.25, 0.3) is 15.7 Å². The summed E-state index contributed by atoms with van der Waals surface area (Å²) in [6.07, 6.45) is 5.30. The molecular weight excluding hydrogens is 926 g/mol. The fraction of sp³-hybridized carbons (Fsp3) is 0.391. The number of pyridine rings is 1. The molecule has 2 aliphatic heterocycles. The van der Waals surface area contributed by atoms with Crippen LogP contribution in [0.25, 0.3) is 16.6 Å². The Morgan fingerprint density at radius 3 is 2.35 bits per heavy atom. The molecule has 3 aromatic carbocycles. The maximum Gasteiger partial charge on any atom is 0.502 e. The van der Waals surface area contributed by atoms with Gasteiger partial charge in [0.05, 0.1) is 11.8 Å². The van der Waals surface area contributed by atoms with Gasteiger partial charge in [0.15, 0.2) is 5.69 Å². The Labute approximate surface area is 385 Å². The lowest BCUT2D eigenvalue weighted by Crippen LogP contribution is -2.63. The molecule has 0 atom stereocenters. The number of nitrogens with one attached hydrogen (secondary N) is 1. The van der Waals surface area contributed by atoms with Gasteiger partial charge in [0.1, 0.15) is 58.1 Å². The summed E-state index contributed by atoms with van der Waals surface area (Å²) in [5.74, 6) is -1.68. The van der Waals surface area contributed by atoms with Crippen LogP contribution in [0, 0.1) is 5.41 Å². The van der Waals surface area contributed by atoms with Crippen LogP contribution in [0.1, 0.15) is 61.9 Å². The first-order valence-electron chi connectivity index (χ1n) is 21.3. The number of amides is 1. The summed E-state index contributed by atoms with van der Waals surface area (Å²) in [7, 11) is -11.2. The highest BCUT2D eigenvalue weighted by molar-refractivity contribution is 7.92. The number of carbonyl (C=O) groups excluding carboxylic acids is 1. The number of primary amides is 1. The number of ether oxygens (including phenoxy) is 3. The Bertz CT molecular complexity index is 2910. The van der Waals surface area contributed by atoms with Crippen molar-refractivity contribution in [1.82, 2.24) is 18.8 Å². The number of carbonyl (C=O) groups is 1. The number of rotatable bonds is 13. The standard InChI is InChI=1S/C46H48ClF4N5O8S2/c1-44(2)13-11-32(38(26-44)30-3-5-33(47)6-4-30)28-55-17-19-56(20-18-55,34-7-9-37(42(52)57)40(24-34)64-35-23-31-12-16-53-43(31)54-27-35)66(60,61)36-8-10-39(41(25-36)65(58,59)46(49,50)51)63-29-45(48)14-21-62-22-15-45/h3-10,12,16,23-25,27H,11,13-15,17-22,26,28-29H2,1-2H3,(H2-,52,53,54,57)/p+1. The van der Waals surface area contributed by atoms with Crippen molar-refractivity contribution in [2.24, 2.45) is 11.1 Å². The first-order chi connectivity index (χ1) is 31.1. The zero-order valence-corrected chi connectivity index (χ0v) is 38.6. The van der Waals surface area contributed by atoms with E-state index in [0.717, 1.165) is 37.0 Å². The van der Waals surface area contributed by atoms with Gasteiger partial charge in [0, 0.05) is 74.4 Å². The van der Waals surface area contributed by atoms with Gasteiger partial charge in [-0.3, -0.25) is 9.69 Å². The van der Waals surface area contributed by atoms with Crippen molar-refractivity contribution in [2.45, 2.75) is 66.9 Å². The highest BCUT2D eigenvalue weighted by atomic mass is 35.5. The molecule has 0 unspecified atom stereocenters. The van der Waals surface area contributed by atoms with Crippen LogP contribution in [0.5, 0.6) is 17.2 Å². The number of hydrogen-bond acceptors (Lipinski definition) is 10. The summed E-state index contributed by atoms with van der Waals surface area (Å²) in [6.45, 7) is 4.15. The number of hydrogen-bond donors (Lipinski definition) is 2. The van der Waals surface area contributed by atoms with Crippen molar-refractivity contribution >= 4 is 59.7 Å². The SMILES string of the molecule is CC1(C)CCC(CN2CC[N+](c3ccc(C(N)=O)c(Oc4cnc5[nH]ccc5c4)c3)(S(=O)(=O)c3ccc(OCC4(F)CCOCC4)c(S(=O)(=O)C(F)(F)F)c3)CC2)=C(c2ccc(Cl)cc2)C1. The summed E-state index contributed by atoms with van der Waals surface area (Å²) < 4.78 is 132. The predicted octanol–water partition coefficient (Wildman–Crippen LogP) is 8.97. The maximum atomic E-state index is 15.6. The van der Waals surface area contributed by atoms with Gasteiger partial charge in [-0.2, -0.15) is 25.5 Å². The lowest BCUT2D eigenvalue weighted by Gasteiger charge is -2.43. The molecule has 8 rings (SSSR count). The van der Waals surface area contributed by atoms with Gasteiger partial charge < -0.3 is 24.9 Å². The molecule has 5 aromatic rings. The molecule has 66 heavy (non-hydrogen) atoms. The number of quaternary nitrogens is 1. The highest BCUT2D eigenvalue weighted by Crippen LogP contribution is 2.45. The number of aromatic amines is 1. The highest BCUT2D eigenvalue weighted by Gasteiger charge is 2.52. The molecule has 1 amide bonds. The zero-order valence-electron chi connectivity index (χ0n) is 36.2. The second kappa shape index (κ2) is 17.9. The van der Waals surface area contributed by atoms with Gasteiger partial charge in [-0.1, -0.05) is 43.2 Å². The number of benzene rings is 3. The van der Waals surface area contributed by atoms with E-state index < -0.39 is 63.0 Å². The zero-order chi connectivity index (χ0) is 47.3. The molecule has 0 radical (unpaired) electrons. The van der Waals surface area contributed by atoms with Crippen LogP contribution in [0.3, 0.4) is 0 Å². The summed E-state index contributed by atoms with van der Waals surface area (Å²) >= 11 is 6.24. The molecule has 2 aromatic heterocycles. The lowest BCUT2D eigenvalue weighted by atomic mass is 9.72. The number of H-pyrrole nitrogens is 1. The summed E-state index contributed by atoms with van der Waals surface area (Å²) in [5.41, 5.74) is 1.81. The predicted molar refractivity (Wildman–Crippen MR) is 241 cm³/mol. The molecule has 2 saturated heterocycles. The van der Waals surface area contributed by atoms with E-state index in [1.165, 1.54) is 35.5 Å². The largest absolute Gasteiger partial charge is 0.502 e. The molecule has 352 valence electrons. The molecule has 1 aliphatic carbocycles.